The quantitative estimate of drug-likeness (QED) is 0.850. The molecule has 2 N–H and O–H groups in total. The van der Waals surface area contributed by atoms with Crippen LogP contribution in [0.4, 0.5) is 5.69 Å². The molecule has 2 rings (SSSR count). The summed E-state index contributed by atoms with van der Waals surface area (Å²) in [5, 5.41) is 12.0. The van der Waals surface area contributed by atoms with Crippen LogP contribution in [0.3, 0.4) is 0 Å². The molecule has 2 atom stereocenters. The molecule has 114 valence electrons. The van der Waals surface area contributed by atoms with Gasteiger partial charge in [0.05, 0.1) is 0 Å². The number of anilines is 1. The van der Waals surface area contributed by atoms with Crippen molar-refractivity contribution < 1.29 is 4.21 Å². The smallest absolute Gasteiger partial charge is 0.182 e. The van der Waals surface area contributed by atoms with Crippen LogP contribution in [0.5, 0.6) is 0 Å². The van der Waals surface area contributed by atoms with Gasteiger partial charge >= 0.3 is 0 Å². The highest BCUT2D eigenvalue weighted by Gasteiger charge is 2.14. The molecule has 0 radical (unpaired) electrons. The van der Waals surface area contributed by atoms with Crippen LogP contribution in [-0.4, -0.2) is 35.9 Å². The third-order valence-electron chi connectivity index (χ3n) is 3.70. The molecule has 7 heteroatoms. The maximum absolute atomic E-state index is 11.4. The van der Waals surface area contributed by atoms with Crippen LogP contribution in [0.15, 0.2) is 12.1 Å². The summed E-state index contributed by atoms with van der Waals surface area (Å²) in [7, 11) is -0.836. The molecule has 0 bridgehead atoms. The zero-order chi connectivity index (χ0) is 15.6. The molecular formula is C14H21N5OS. The first kappa shape index (κ1) is 15.6. The molecule has 1 heterocycles. The molecule has 2 aromatic rings. The predicted octanol–water partition coefficient (Wildman–Crippen LogP) is 1.70. The number of aryl methyl sites for hydroxylation is 3. The number of hydrogen-bond donors (Lipinski definition) is 1. The number of nitrogens with zero attached hydrogens (tertiary/aromatic N) is 4. The lowest BCUT2D eigenvalue weighted by molar-refractivity contribution is 0.556. The number of aromatic nitrogens is 4. The molecule has 6 nitrogen and oxygen atoms in total. The van der Waals surface area contributed by atoms with Gasteiger partial charge in [0, 0.05) is 40.1 Å². The number of nitrogens with two attached hydrogens (primary N) is 1. The molecule has 21 heavy (non-hydrogen) atoms. The number of tetrazole rings is 1. The summed E-state index contributed by atoms with van der Waals surface area (Å²) in [4.78, 5) is 0. The van der Waals surface area contributed by atoms with Crippen molar-refractivity contribution in [1.82, 2.24) is 20.2 Å². The van der Waals surface area contributed by atoms with Crippen molar-refractivity contribution in [2.24, 2.45) is 0 Å². The van der Waals surface area contributed by atoms with E-state index >= 15 is 0 Å². The molecule has 1 aromatic heterocycles. The van der Waals surface area contributed by atoms with Gasteiger partial charge in [0.25, 0.3) is 0 Å². The third kappa shape index (κ3) is 3.47. The van der Waals surface area contributed by atoms with Crippen molar-refractivity contribution in [3.63, 3.8) is 0 Å². The average molecular weight is 307 g/mol. The van der Waals surface area contributed by atoms with Crippen LogP contribution in [0.25, 0.3) is 11.4 Å². The minimum absolute atomic E-state index is 0.117. The van der Waals surface area contributed by atoms with Gasteiger partial charge < -0.3 is 5.73 Å². The maximum Gasteiger partial charge on any atom is 0.182 e. The Morgan fingerprint density at radius 2 is 2.05 bits per heavy atom. The van der Waals surface area contributed by atoms with Crippen LogP contribution in [0.1, 0.15) is 24.5 Å². The number of benzene rings is 1. The summed E-state index contributed by atoms with van der Waals surface area (Å²) >= 11 is 0. The summed E-state index contributed by atoms with van der Waals surface area (Å²) in [6.45, 7) is 6.60. The van der Waals surface area contributed by atoms with E-state index < -0.39 is 10.8 Å². The fourth-order valence-corrected chi connectivity index (χ4v) is 2.57. The van der Waals surface area contributed by atoms with Gasteiger partial charge in [-0.25, -0.2) is 4.68 Å². The van der Waals surface area contributed by atoms with E-state index in [4.69, 9.17) is 5.73 Å². The van der Waals surface area contributed by atoms with Crippen LogP contribution in [0, 0.1) is 13.8 Å². The summed E-state index contributed by atoms with van der Waals surface area (Å²) in [5.74, 6) is 0.702. The Labute approximate surface area is 127 Å². The molecule has 0 aliphatic carbocycles. The van der Waals surface area contributed by atoms with Crippen LogP contribution < -0.4 is 5.73 Å². The molecule has 1 aromatic carbocycles. The molecule has 0 spiro atoms. The summed E-state index contributed by atoms with van der Waals surface area (Å²) in [6, 6.07) is 3.95. The molecule has 0 saturated heterocycles. The highest BCUT2D eigenvalue weighted by atomic mass is 32.2. The molecule has 0 amide bonds. The van der Waals surface area contributed by atoms with E-state index in [0.29, 0.717) is 12.4 Å². The molecule has 0 fully saturated rings. The number of rotatable bonds is 5. The topological polar surface area (TPSA) is 86.7 Å². The van der Waals surface area contributed by atoms with Gasteiger partial charge in [-0.15, -0.1) is 5.10 Å². The second-order valence-electron chi connectivity index (χ2n) is 5.35. The van der Waals surface area contributed by atoms with E-state index in [1.807, 2.05) is 32.9 Å². The van der Waals surface area contributed by atoms with E-state index in [2.05, 4.69) is 15.5 Å². The van der Waals surface area contributed by atoms with Gasteiger partial charge in [-0.1, -0.05) is 13.0 Å². The summed E-state index contributed by atoms with van der Waals surface area (Å²) < 4.78 is 13.2. The number of nitrogen functional groups attached to an aromatic ring is 1. The Morgan fingerprint density at radius 1 is 1.33 bits per heavy atom. The van der Waals surface area contributed by atoms with Gasteiger partial charge in [-0.2, -0.15) is 0 Å². The Bertz CT molecular complexity index is 667. The van der Waals surface area contributed by atoms with Crippen LogP contribution in [-0.2, 0) is 17.3 Å². The summed E-state index contributed by atoms with van der Waals surface area (Å²) in [5.41, 5.74) is 9.79. The normalized spacial score (nSPS) is 14.1. The van der Waals surface area contributed by atoms with Crippen LogP contribution in [0.2, 0.25) is 0 Å². The SMILES string of the molecule is Cc1cc(C)c(-c2nnnn2CCC(C)S(C)=O)cc1N. The van der Waals surface area contributed by atoms with E-state index in [0.717, 1.165) is 28.8 Å². The Balaban J connectivity index is 2.28. The highest BCUT2D eigenvalue weighted by Crippen LogP contribution is 2.26. The van der Waals surface area contributed by atoms with Crippen molar-refractivity contribution in [2.75, 3.05) is 12.0 Å². The van der Waals surface area contributed by atoms with Crippen molar-refractivity contribution in [3.8, 4) is 11.4 Å². The first-order valence-corrected chi connectivity index (χ1v) is 8.47. The van der Waals surface area contributed by atoms with Gasteiger partial charge in [-0.3, -0.25) is 4.21 Å². The van der Waals surface area contributed by atoms with E-state index in [1.54, 1.807) is 10.9 Å². The standard InChI is InChI=1S/C14H21N5OS/c1-9-7-10(2)13(15)8-12(9)14-16-17-18-19(14)6-5-11(3)21(4)20/h7-8,11H,5-6,15H2,1-4H3. The average Bonchev–Trinajstić information content (AvgIpc) is 2.88. The second-order valence-corrected chi connectivity index (χ2v) is 7.15. The largest absolute Gasteiger partial charge is 0.398 e. The van der Waals surface area contributed by atoms with E-state index in [-0.39, 0.29) is 5.25 Å². The van der Waals surface area contributed by atoms with E-state index in [9.17, 15) is 4.21 Å². The van der Waals surface area contributed by atoms with Crippen molar-refractivity contribution >= 4 is 16.5 Å². The zero-order valence-electron chi connectivity index (χ0n) is 12.8. The lowest BCUT2D eigenvalue weighted by Crippen LogP contribution is -2.14. The monoisotopic (exact) mass is 307 g/mol. The maximum atomic E-state index is 11.4. The first-order valence-electron chi connectivity index (χ1n) is 6.85. The summed E-state index contributed by atoms with van der Waals surface area (Å²) in [6.07, 6.45) is 2.48. The highest BCUT2D eigenvalue weighted by molar-refractivity contribution is 7.84. The zero-order valence-corrected chi connectivity index (χ0v) is 13.6. The second kappa shape index (κ2) is 6.34. The van der Waals surface area contributed by atoms with Gasteiger partial charge in [0.1, 0.15) is 0 Å². The Kier molecular flexibility index (Phi) is 4.72. The fourth-order valence-electron chi connectivity index (χ4n) is 2.13. The van der Waals surface area contributed by atoms with Gasteiger partial charge in [0.15, 0.2) is 5.82 Å². The molecule has 0 aliphatic heterocycles. The third-order valence-corrected chi connectivity index (χ3v) is 5.07. The lowest BCUT2D eigenvalue weighted by atomic mass is 10.0. The minimum Gasteiger partial charge on any atom is -0.398 e. The van der Waals surface area contributed by atoms with Crippen molar-refractivity contribution in [2.45, 2.75) is 39.0 Å². The molecule has 0 saturated carbocycles. The van der Waals surface area contributed by atoms with Gasteiger partial charge in [0.2, 0.25) is 0 Å². The van der Waals surface area contributed by atoms with Gasteiger partial charge in [-0.05, 0) is 47.9 Å². The first-order chi connectivity index (χ1) is 9.90. The fraction of sp³-hybridized carbons (Fsp3) is 0.500. The Morgan fingerprint density at radius 3 is 2.71 bits per heavy atom. The molecular weight excluding hydrogens is 286 g/mol. The predicted molar refractivity (Wildman–Crippen MR) is 85.3 cm³/mol. The lowest BCUT2D eigenvalue weighted by Gasteiger charge is -2.11. The van der Waals surface area contributed by atoms with E-state index in [1.165, 1.54) is 0 Å². The van der Waals surface area contributed by atoms with Crippen molar-refractivity contribution in [3.05, 3.63) is 23.3 Å². The minimum atomic E-state index is -0.836. The van der Waals surface area contributed by atoms with Crippen molar-refractivity contribution in [1.29, 1.82) is 0 Å². The van der Waals surface area contributed by atoms with Crippen LogP contribution >= 0.6 is 0 Å². The Hall–Kier alpha value is -1.76. The molecule has 0 aliphatic rings. The molecule has 2 unspecified atom stereocenters. The number of hydrogen-bond acceptors (Lipinski definition) is 5.